The first kappa shape index (κ1) is 37.2. The fourth-order valence-corrected chi connectivity index (χ4v) is 2.77. The van der Waals surface area contributed by atoms with Crippen LogP contribution in [0.1, 0.15) is 12.0 Å². The third-order valence-corrected chi connectivity index (χ3v) is 4.62. The molecule has 3 atom stereocenters. The maximum Gasteiger partial charge on any atom is 0.495 e. The van der Waals surface area contributed by atoms with Crippen LogP contribution in [-0.4, -0.2) is 123 Å². The zero-order chi connectivity index (χ0) is 30.9. The lowest BCUT2D eigenvalue weighted by Gasteiger charge is -2.26. The van der Waals surface area contributed by atoms with Crippen molar-refractivity contribution in [2.75, 3.05) is 66.1 Å². The van der Waals surface area contributed by atoms with E-state index in [1.165, 1.54) is 0 Å². The molecule has 11 nitrogen and oxygen atoms in total. The summed E-state index contributed by atoms with van der Waals surface area (Å²) in [6, 6.07) is 7.16. The molecule has 0 amide bonds. The molecule has 1 aromatic carbocycles. The minimum absolute atomic E-state index is 0.0482. The summed E-state index contributed by atoms with van der Waals surface area (Å²) >= 11 is 0. The van der Waals surface area contributed by atoms with Crippen molar-refractivity contribution in [1.82, 2.24) is 0 Å². The molecule has 0 heterocycles. The van der Waals surface area contributed by atoms with Gasteiger partial charge in [-0.05, 0) is 25.5 Å². The van der Waals surface area contributed by atoms with Crippen LogP contribution in [0.2, 0.25) is 0 Å². The van der Waals surface area contributed by atoms with Gasteiger partial charge in [0.1, 0.15) is 37.8 Å². The number of aliphatic hydroxyl groups excluding tert-OH is 4. The maximum absolute atomic E-state index is 13.6. The zero-order valence-electron chi connectivity index (χ0n) is 22.2. The van der Waals surface area contributed by atoms with E-state index in [9.17, 15) is 41.7 Å². The van der Waals surface area contributed by atoms with Crippen LogP contribution in [-0.2, 0) is 28.4 Å². The van der Waals surface area contributed by atoms with Gasteiger partial charge in [0, 0.05) is 6.61 Å². The van der Waals surface area contributed by atoms with Crippen LogP contribution in [0.5, 0.6) is 5.75 Å². The van der Waals surface area contributed by atoms with Gasteiger partial charge in [-0.25, -0.2) is 9.47 Å². The Hall–Kier alpha value is -1.80. The van der Waals surface area contributed by atoms with E-state index < -0.39 is 69.9 Å². The van der Waals surface area contributed by atoms with Crippen LogP contribution in [0, 0.1) is 6.92 Å². The lowest BCUT2D eigenvalue weighted by Crippen LogP contribution is -2.44. The second-order valence-electron chi connectivity index (χ2n) is 8.72. The molecular formula is C24H36F6O11. The summed E-state index contributed by atoms with van der Waals surface area (Å²) in [5.41, 5.74) is 1.05. The lowest BCUT2D eigenvalue weighted by molar-refractivity contribution is -0.518. The molecule has 0 aromatic heterocycles. The number of halogens is 6. The largest absolute Gasteiger partial charge is 0.495 e. The number of ether oxygens (including phenoxy) is 7. The minimum atomic E-state index is -5.44. The number of hydrogen-bond acceptors (Lipinski definition) is 11. The topological polar surface area (TPSA) is 146 Å². The first-order valence-electron chi connectivity index (χ1n) is 12.3. The number of alkyl halides is 6. The van der Waals surface area contributed by atoms with Gasteiger partial charge in [0.25, 0.3) is 0 Å². The van der Waals surface area contributed by atoms with Gasteiger partial charge < -0.3 is 44.1 Å². The maximum atomic E-state index is 13.6. The third-order valence-electron chi connectivity index (χ3n) is 4.62. The highest BCUT2D eigenvalue weighted by atomic mass is 19.3. The van der Waals surface area contributed by atoms with Crippen molar-refractivity contribution in [2.45, 2.75) is 50.2 Å². The van der Waals surface area contributed by atoms with E-state index in [0.717, 1.165) is 5.56 Å². The summed E-state index contributed by atoms with van der Waals surface area (Å²) in [4.78, 5) is 0. The smallest absolute Gasteiger partial charge is 0.491 e. The Kier molecular flexibility index (Phi) is 17.0. The Morgan fingerprint density at radius 2 is 1.15 bits per heavy atom. The third kappa shape index (κ3) is 19.1. The summed E-state index contributed by atoms with van der Waals surface area (Å²) < 4.78 is 111. The molecule has 17 heteroatoms. The highest BCUT2D eigenvalue weighted by Crippen LogP contribution is 2.33. The van der Waals surface area contributed by atoms with Crippen LogP contribution in [0.15, 0.2) is 24.3 Å². The van der Waals surface area contributed by atoms with Gasteiger partial charge in [-0.15, -0.1) is 8.78 Å². The highest BCUT2D eigenvalue weighted by Gasteiger charge is 2.52. The van der Waals surface area contributed by atoms with Crippen LogP contribution < -0.4 is 4.74 Å². The molecule has 0 radical (unpaired) electrons. The Morgan fingerprint density at radius 3 is 1.73 bits per heavy atom. The predicted molar refractivity (Wildman–Crippen MR) is 127 cm³/mol. The monoisotopic (exact) mass is 614 g/mol. The Morgan fingerprint density at radius 1 is 0.659 bits per heavy atom. The SMILES string of the molecule is Cc1ccc(OCC(O)COCC(O)COCCOCC(F)(F)OC(F)(F)OC(F)(F)COCC(O)CCO)cc1. The Balaban J connectivity index is 2.16. The molecule has 240 valence electrons. The van der Waals surface area contributed by atoms with Gasteiger partial charge in [-0.2, -0.15) is 17.6 Å². The second kappa shape index (κ2) is 18.7. The normalized spacial score (nSPS) is 15.1. The summed E-state index contributed by atoms with van der Waals surface area (Å²) in [6.45, 7) is -4.57. The lowest BCUT2D eigenvalue weighted by atomic mass is 10.2. The molecule has 0 saturated carbocycles. The molecule has 0 aliphatic heterocycles. The standard InChI is InChI=1S/C24H36F6O11/c1-17-2-4-21(5-3-17)39-14-20(34)13-37-12-19(33)11-35-8-9-36-15-22(25,26)40-24(29,30)41-23(27,28)16-38-10-18(32)6-7-31/h2-5,18-20,31-34H,6-16H2,1H3. The number of aryl methyl sites for hydroxylation is 1. The van der Waals surface area contributed by atoms with Crippen molar-refractivity contribution < 1.29 is 79.9 Å². The van der Waals surface area contributed by atoms with Crippen molar-refractivity contribution in [3.05, 3.63) is 29.8 Å². The predicted octanol–water partition coefficient (Wildman–Crippen LogP) is 1.67. The van der Waals surface area contributed by atoms with E-state index in [1.807, 2.05) is 19.1 Å². The van der Waals surface area contributed by atoms with Crippen molar-refractivity contribution >= 4 is 0 Å². The van der Waals surface area contributed by atoms with Gasteiger partial charge in [-0.1, -0.05) is 17.7 Å². The summed E-state index contributed by atoms with van der Waals surface area (Å²) in [5, 5.41) is 37.4. The Bertz CT molecular complexity index is 820. The van der Waals surface area contributed by atoms with Gasteiger partial charge in [0.15, 0.2) is 0 Å². The number of aliphatic hydroxyl groups is 4. The van der Waals surface area contributed by atoms with E-state index >= 15 is 0 Å². The van der Waals surface area contributed by atoms with E-state index in [-0.39, 0.29) is 39.5 Å². The van der Waals surface area contributed by atoms with Crippen LogP contribution in [0.4, 0.5) is 26.3 Å². The van der Waals surface area contributed by atoms with Crippen LogP contribution >= 0.6 is 0 Å². The molecule has 0 fully saturated rings. The fourth-order valence-electron chi connectivity index (χ4n) is 2.77. The van der Waals surface area contributed by atoms with Gasteiger partial charge in [0.2, 0.25) is 0 Å². The first-order chi connectivity index (χ1) is 19.1. The average Bonchev–Trinajstić information content (AvgIpc) is 2.84. The number of benzene rings is 1. The van der Waals surface area contributed by atoms with Crippen molar-refractivity contribution in [3.8, 4) is 5.75 Å². The molecule has 0 aliphatic rings. The molecular weight excluding hydrogens is 578 g/mol. The van der Waals surface area contributed by atoms with E-state index in [1.54, 1.807) is 12.1 Å². The molecule has 0 spiro atoms. The molecule has 41 heavy (non-hydrogen) atoms. The van der Waals surface area contributed by atoms with E-state index in [2.05, 4.69) is 18.9 Å². The second-order valence-corrected chi connectivity index (χ2v) is 8.72. The van der Waals surface area contributed by atoms with Gasteiger partial charge in [0.05, 0.1) is 45.7 Å². The van der Waals surface area contributed by atoms with Crippen molar-refractivity contribution in [1.29, 1.82) is 0 Å². The van der Waals surface area contributed by atoms with E-state index in [4.69, 9.17) is 19.3 Å². The van der Waals surface area contributed by atoms with Gasteiger partial charge in [-0.3, -0.25) is 0 Å². The van der Waals surface area contributed by atoms with Gasteiger partial charge >= 0.3 is 18.5 Å². The van der Waals surface area contributed by atoms with Crippen molar-refractivity contribution in [3.63, 3.8) is 0 Å². The van der Waals surface area contributed by atoms with Crippen LogP contribution in [0.25, 0.3) is 0 Å². The summed E-state index contributed by atoms with van der Waals surface area (Å²) in [5.74, 6) is 0.563. The fraction of sp³-hybridized carbons (Fsp3) is 0.750. The van der Waals surface area contributed by atoms with Crippen LogP contribution in [0.3, 0.4) is 0 Å². The van der Waals surface area contributed by atoms with Crippen molar-refractivity contribution in [2.24, 2.45) is 0 Å². The summed E-state index contributed by atoms with van der Waals surface area (Å²) in [7, 11) is 0. The zero-order valence-corrected chi connectivity index (χ0v) is 22.2. The number of rotatable bonds is 24. The first-order valence-corrected chi connectivity index (χ1v) is 12.3. The molecule has 0 aliphatic carbocycles. The molecule has 4 N–H and O–H groups in total. The molecule has 3 unspecified atom stereocenters. The number of hydrogen-bond donors (Lipinski definition) is 4. The average molecular weight is 615 g/mol. The summed E-state index contributed by atoms with van der Waals surface area (Å²) in [6.07, 6.45) is -18.6. The molecule has 1 rings (SSSR count). The van der Waals surface area contributed by atoms with E-state index in [0.29, 0.717) is 5.75 Å². The highest BCUT2D eigenvalue weighted by molar-refractivity contribution is 5.26. The molecule has 0 saturated heterocycles. The Labute approximate surface area is 232 Å². The molecule has 1 aromatic rings. The molecule has 0 bridgehead atoms. The minimum Gasteiger partial charge on any atom is -0.491 e. The quantitative estimate of drug-likeness (QED) is 0.0767.